The fourth-order valence-corrected chi connectivity index (χ4v) is 2.08. The predicted octanol–water partition coefficient (Wildman–Crippen LogP) is 3.36. The van der Waals surface area contributed by atoms with Crippen molar-refractivity contribution in [1.82, 2.24) is 0 Å². The highest BCUT2D eigenvalue weighted by Crippen LogP contribution is 2.32. The van der Waals surface area contributed by atoms with Gasteiger partial charge in [-0.2, -0.15) is 5.26 Å². The molecular formula is C12H10BrF2NO2. The lowest BCUT2D eigenvalue weighted by Gasteiger charge is -2.09. The van der Waals surface area contributed by atoms with Gasteiger partial charge >= 0.3 is 5.97 Å². The minimum Gasteiger partial charge on any atom is -0.466 e. The number of rotatable bonds is 4. The second-order valence-corrected chi connectivity index (χ2v) is 4.19. The number of alkyl halides is 2. The summed E-state index contributed by atoms with van der Waals surface area (Å²) in [6.07, 6.45) is -2.79. The molecule has 1 aromatic carbocycles. The van der Waals surface area contributed by atoms with Crippen LogP contribution in [0.25, 0.3) is 0 Å². The Hall–Kier alpha value is -1.48. The van der Waals surface area contributed by atoms with Crippen molar-refractivity contribution in [2.24, 2.45) is 0 Å². The molecule has 0 aromatic heterocycles. The number of nitriles is 1. The van der Waals surface area contributed by atoms with Crippen molar-refractivity contribution in [1.29, 1.82) is 5.26 Å². The van der Waals surface area contributed by atoms with Crippen molar-refractivity contribution in [3.63, 3.8) is 0 Å². The molecule has 18 heavy (non-hydrogen) atoms. The maximum atomic E-state index is 12.6. The van der Waals surface area contributed by atoms with E-state index in [0.29, 0.717) is 5.56 Å². The molecule has 1 rings (SSSR count). The number of halogens is 3. The van der Waals surface area contributed by atoms with Crippen LogP contribution in [0.3, 0.4) is 0 Å². The van der Waals surface area contributed by atoms with Gasteiger partial charge in [-0.3, -0.25) is 4.79 Å². The molecule has 1 aromatic rings. The van der Waals surface area contributed by atoms with E-state index in [2.05, 4.69) is 15.9 Å². The van der Waals surface area contributed by atoms with Gasteiger partial charge in [-0.25, -0.2) is 8.78 Å². The highest BCUT2D eigenvalue weighted by atomic mass is 79.9. The molecule has 3 nitrogen and oxygen atoms in total. The SMILES string of the molecule is CCOC(=O)Cc1ccc(C(F)F)c(Br)c1C#N. The lowest BCUT2D eigenvalue weighted by molar-refractivity contribution is -0.142. The van der Waals surface area contributed by atoms with Crippen LogP contribution in [0.2, 0.25) is 0 Å². The van der Waals surface area contributed by atoms with Crippen molar-refractivity contribution >= 4 is 21.9 Å². The molecule has 96 valence electrons. The predicted molar refractivity (Wildman–Crippen MR) is 64.2 cm³/mol. The molecule has 0 unspecified atom stereocenters. The fraction of sp³-hybridized carbons (Fsp3) is 0.333. The Morgan fingerprint density at radius 3 is 2.72 bits per heavy atom. The molecule has 0 N–H and O–H groups in total. The molecule has 0 saturated carbocycles. The molecule has 0 atom stereocenters. The Balaban J connectivity index is 3.12. The van der Waals surface area contributed by atoms with E-state index in [9.17, 15) is 13.6 Å². The van der Waals surface area contributed by atoms with Gasteiger partial charge in [0.15, 0.2) is 0 Å². The van der Waals surface area contributed by atoms with Gasteiger partial charge in [-0.05, 0) is 28.4 Å². The summed E-state index contributed by atoms with van der Waals surface area (Å²) >= 11 is 2.97. The topological polar surface area (TPSA) is 50.1 Å². The minimum atomic E-state index is -2.68. The minimum absolute atomic E-state index is 0.0294. The van der Waals surface area contributed by atoms with Gasteiger partial charge in [0.2, 0.25) is 0 Å². The summed E-state index contributed by atoms with van der Waals surface area (Å²) in [6.45, 7) is 1.90. The van der Waals surface area contributed by atoms with Gasteiger partial charge in [0.05, 0.1) is 18.6 Å². The first-order valence-electron chi connectivity index (χ1n) is 5.16. The first-order valence-corrected chi connectivity index (χ1v) is 5.95. The van der Waals surface area contributed by atoms with E-state index >= 15 is 0 Å². The quantitative estimate of drug-likeness (QED) is 0.800. The first-order chi connectivity index (χ1) is 8.51. The van der Waals surface area contributed by atoms with Crippen LogP contribution in [0.4, 0.5) is 8.78 Å². The Labute approximate surface area is 111 Å². The summed E-state index contributed by atoms with van der Waals surface area (Å²) in [7, 11) is 0. The molecule has 0 aliphatic carbocycles. The second kappa shape index (κ2) is 6.45. The average molecular weight is 318 g/mol. The van der Waals surface area contributed by atoms with Gasteiger partial charge in [0.25, 0.3) is 6.43 Å². The van der Waals surface area contributed by atoms with Gasteiger partial charge in [0, 0.05) is 10.0 Å². The third kappa shape index (κ3) is 3.26. The summed E-state index contributed by atoms with van der Waals surface area (Å²) in [5, 5.41) is 8.97. The zero-order chi connectivity index (χ0) is 13.7. The van der Waals surface area contributed by atoms with Gasteiger partial charge in [0.1, 0.15) is 6.07 Å². The number of esters is 1. The normalized spacial score (nSPS) is 10.2. The van der Waals surface area contributed by atoms with Crippen LogP contribution in [0.1, 0.15) is 30.0 Å². The van der Waals surface area contributed by atoms with Crippen LogP contribution in [-0.2, 0) is 16.0 Å². The number of hydrogen-bond acceptors (Lipinski definition) is 3. The number of carbonyl (C=O) groups is 1. The Morgan fingerprint density at radius 2 is 2.22 bits per heavy atom. The molecule has 0 radical (unpaired) electrons. The number of carbonyl (C=O) groups excluding carboxylic acids is 1. The Kier molecular flexibility index (Phi) is 5.23. The van der Waals surface area contributed by atoms with Gasteiger partial charge < -0.3 is 4.74 Å². The summed E-state index contributed by atoms with van der Waals surface area (Å²) in [5.74, 6) is -0.495. The van der Waals surface area contributed by atoms with E-state index in [1.165, 1.54) is 12.1 Å². The van der Waals surface area contributed by atoms with Crippen LogP contribution in [-0.4, -0.2) is 12.6 Å². The van der Waals surface area contributed by atoms with Crippen molar-refractivity contribution in [2.75, 3.05) is 6.61 Å². The molecule has 0 saturated heterocycles. The Morgan fingerprint density at radius 1 is 1.56 bits per heavy atom. The van der Waals surface area contributed by atoms with Gasteiger partial charge in [-0.15, -0.1) is 0 Å². The molecule has 0 heterocycles. The molecule has 0 spiro atoms. The molecule has 0 fully saturated rings. The molecule has 6 heteroatoms. The molecule has 0 aliphatic rings. The number of benzene rings is 1. The summed E-state index contributed by atoms with van der Waals surface area (Å²) in [6, 6.07) is 4.37. The molecule has 0 aliphatic heterocycles. The fourth-order valence-electron chi connectivity index (χ4n) is 1.44. The smallest absolute Gasteiger partial charge is 0.310 e. The number of nitrogens with zero attached hydrogens (tertiary/aromatic N) is 1. The molecular weight excluding hydrogens is 308 g/mol. The van der Waals surface area contributed by atoms with Crippen molar-refractivity contribution < 1.29 is 18.3 Å². The lowest BCUT2D eigenvalue weighted by Crippen LogP contribution is -2.09. The highest BCUT2D eigenvalue weighted by Gasteiger charge is 2.18. The van der Waals surface area contributed by atoms with Crippen molar-refractivity contribution in [3.8, 4) is 6.07 Å². The van der Waals surface area contributed by atoms with Gasteiger partial charge in [-0.1, -0.05) is 12.1 Å². The summed E-state index contributed by atoms with van der Waals surface area (Å²) in [4.78, 5) is 11.3. The molecule has 0 bridgehead atoms. The van der Waals surface area contributed by atoms with E-state index in [1.54, 1.807) is 6.92 Å². The van der Waals surface area contributed by atoms with E-state index in [0.717, 1.165) is 0 Å². The van der Waals surface area contributed by atoms with Crippen molar-refractivity contribution in [2.45, 2.75) is 19.8 Å². The first kappa shape index (κ1) is 14.6. The summed E-state index contributed by atoms with van der Waals surface area (Å²) in [5.41, 5.74) is 0.146. The van der Waals surface area contributed by atoms with Crippen molar-refractivity contribution in [3.05, 3.63) is 33.3 Å². The van der Waals surface area contributed by atoms with Crippen LogP contribution in [0.5, 0.6) is 0 Å². The largest absolute Gasteiger partial charge is 0.466 e. The van der Waals surface area contributed by atoms with E-state index in [1.807, 2.05) is 6.07 Å². The van der Waals surface area contributed by atoms with Crippen LogP contribution >= 0.6 is 15.9 Å². The van der Waals surface area contributed by atoms with E-state index < -0.39 is 12.4 Å². The van der Waals surface area contributed by atoms with E-state index in [4.69, 9.17) is 10.00 Å². The maximum Gasteiger partial charge on any atom is 0.310 e. The average Bonchev–Trinajstić information content (AvgIpc) is 2.29. The highest BCUT2D eigenvalue weighted by molar-refractivity contribution is 9.10. The van der Waals surface area contributed by atoms with E-state index in [-0.39, 0.29) is 28.6 Å². The standard InChI is InChI=1S/C12H10BrF2NO2/c1-2-18-10(17)5-7-3-4-8(12(14)15)11(13)9(7)6-16/h3-4,12H,2,5H2,1H3. The maximum absolute atomic E-state index is 12.6. The van der Waals surface area contributed by atoms with Crippen LogP contribution in [0, 0.1) is 11.3 Å². The zero-order valence-corrected chi connectivity index (χ0v) is 11.1. The molecule has 0 amide bonds. The number of hydrogen-bond donors (Lipinski definition) is 0. The number of ether oxygens (including phenoxy) is 1. The van der Waals surface area contributed by atoms with Crippen LogP contribution < -0.4 is 0 Å². The lowest BCUT2D eigenvalue weighted by atomic mass is 10.0. The third-order valence-electron chi connectivity index (χ3n) is 2.25. The zero-order valence-electron chi connectivity index (χ0n) is 9.54. The third-order valence-corrected chi connectivity index (χ3v) is 3.10. The Bertz CT molecular complexity index is 498. The second-order valence-electron chi connectivity index (χ2n) is 3.40. The van der Waals surface area contributed by atoms with Crippen LogP contribution in [0.15, 0.2) is 16.6 Å². The monoisotopic (exact) mass is 317 g/mol. The summed E-state index contributed by atoms with van der Waals surface area (Å²) < 4.78 is 30.0.